The van der Waals surface area contributed by atoms with Crippen molar-refractivity contribution in [3.05, 3.63) is 29.8 Å². The van der Waals surface area contributed by atoms with E-state index in [4.69, 9.17) is 9.47 Å². The maximum Gasteiger partial charge on any atom is 0.279 e. The predicted octanol–water partition coefficient (Wildman–Crippen LogP) is 1.43. The first-order chi connectivity index (χ1) is 11.1. The summed E-state index contributed by atoms with van der Waals surface area (Å²) in [4.78, 5) is 0. The third-order valence-corrected chi connectivity index (χ3v) is 5.68. The second-order valence-electron chi connectivity index (χ2n) is 5.78. The van der Waals surface area contributed by atoms with Crippen molar-refractivity contribution in [3.63, 3.8) is 0 Å². The van der Waals surface area contributed by atoms with Crippen LogP contribution in [0.1, 0.15) is 18.4 Å². The Labute approximate surface area is 139 Å². The highest BCUT2D eigenvalue weighted by atomic mass is 32.2. The van der Waals surface area contributed by atoms with Crippen LogP contribution < -0.4 is 9.46 Å². The van der Waals surface area contributed by atoms with Crippen LogP contribution >= 0.6 is 0 Å². The summed E-state index contributed by atoms with van der Waals surface area (Å²) >= 11 is 0. The number of hydrogen-bond acceptors (Lipinski definition) is 4. The molecule has 1 unspecified atom stereocenters. The van der Waals surface area contributed by atoms with Gasteiger partial charge in [-0.1, -0.05) is 18.2 Å². The van der Waals surface area contributed by atoms with Crippen LogP contribution in [-0.2, 0) is 21.4 Å². The molecular weight excluding hydrogens is 316 g/mol. The fourth-order valence-electron chi connectivity index (χ4n) is 2.93. The van der Waals surface area contributed by atoms with E-state index >= 15 is 0 Å². The standard InChI is InChI=1S/C16H26N2O4S/c1-21-13-14-6-5-11-18(12-14)23(19,20)17-10-9-15-7-3-4-8-16(15)22-2/h3-4,7-8,14,17H,5-6,9-13H2,1-2H3. The van der Waals surface area contributed by atoms with Gasteiger partial charge in [-0.25, -0.2) is 4.72 Å². The number of benzene rings is 1. The van der Waals surface area contributed by atoms with Gasteiger partial charge in [0.15, 0.2) is 0 Å². The number of ether oxygens (including phenoxy) is 2. The van der Waals surface area contributed by atoms with Crippen LogP contribution in [0, 0.1) is 5.92 Å². The third kappa shape index (κ3) is 5.17. The van der Waals surface area contributed by atoms with E-state index in [0.29, 0.717) is 32.7 Å². The molecule has 130 valence electrons. The molecule has 0 aliphatic carbocycles. The Kier molecular flexibility index (Phi) is 6.83. The number of nitrogens with one attached hydrogen (secondary N) is 1. The molecule has 0 bridgehead atoms. The van der Waals surface area contributed by atoms with Crippen LogP contribution in [0.2, 0.25) is 0 Å². The largest absolute Gasteiger partial charge is 0.496 e. The minimum Gasteiger partial charge on any atom is -0.496 e. The van der Waals surface area contributed by atoms with E-state index in [2.05, 4.69) is 4.72 Å². The van der Waals surface area contributed by atoms with Crippen molar-refractivity contribution in [2.45, 2.75) is 19.3 Å². The smallest absolute Gasteiger partial charge is 0.279 e. The van der Waals surface area contributed by atoms with Crippen molar-refractivity contribution >= 4 is 10.2 Å². The maximum absolute atomic E-state index is 12.4. The maximum atomic E-state index is 12.4. The average molecular weight is 342 g/mol. The lowest BCUT2D eigenvalue weighted by Crippen LogP contribution is -2.47. The van der Waals surface area contributed by atoms with Crippen LogP contribution in [0.3, 0.4) is 0 Å². The van der Waals surface area contributed by atoms with E-state index < -0.39 is 10.2 Å². The normalized spacial score (nSPS) is 19.7. The zero-order chi connectivity index (χ0) is 16.7. The van der Waals surface area contributed by atoms with Crippen molar-refractivity contribution in [3.8, 4) is 5.75 Å². The van der Waals surface area contributed by atoms with Crippen molar-refractivity contribution in [2.24, 2.45) is 5.92 Å². The number of rotatable bonds is 8. The summed E-state index contributed by atoms with van der Waals surface area (Å²) in [5.41, 5.74) is 0.994. The Morgan fingerprint density at radius 2 is 2.09 bits per heavy atom. The molecule has 23 heavy (non-hydrogen) atoms. The zero-order valence-corrected chi connectivity index (χ0v) is 14.6. The molecule has 1 aliphatic rings. The van der Waals surface area contributed by atoms with Gasteiger partial charge < -0.3 is 9.47 Å². The van der Waals surface area contributed by atoms with Crippen molar-refractivity contribution < 1.29 is 17.9 Å². The van der Waals surface area contributed by atoms with Crippen molar-refractivity contribution in [1.82, 2.24) is 9.03 Å². The van der Waals surface area contributed by atoms with Crippen LogP contribution in [-0.4, -0.2) is 53.2 Å². The molecule has 1 aromatic carbocycles. The van der Waals surface area contributed by atoms with E-state index in [1.807, 2.05) is 24.3 Å². The molecule has 0 spiro atoms. The fraction of sp³-hybridized carbons (Fsp3) is 0.625. The van der Waals surface area contributed by atoms with Crippen LogP contribution in [0.4, 0.5) is 0 Å². The number of methoxy groups -OCH3 is 2. The summed E-state index contributed by atoms with van der Waals surface area (Å²) < 4.78 is 39.5. The molecule has 1 aliphatic heterocycles. The number of nitrogens with zero attached hydrogens (tertiary/aromatic N) is 1. The Morgan fingerprint density at radius 1 is 1.30 bits per heavy atom. The predicted molar refractivity (Wildman–Crippen MR) is 89.8 cm³/mol. The lowest BCUT2D eigenvalue weighted by molar-refractivity contribution is 0.118. The first-order valence-corrected chi connectivity index (χ1v) is 9.36. The molecular formula is C16H26N2O4S. The first-order valence-electron chi connectivity index (χ1n) is 7.92. The van der Waals surface area contributed by atoms with Gasteiger partial charge in [-0.15, -0.1) is 0 Å². The molecule has 1 heterocycles. The summed E-state index contributed by atoms with van der Waals surface area (Å²) in [5.74, 6) is 1.06. The van der Waals surface area contributed by atoms with Gasteiger partial charge in [-0.3, -0.25) is 0 Å². The van der Waals surface area contributed by atoms with E-state index in [1.165, 1.54) is 4.31 Å². The summed E-state index contributed by atoms with van der Waals surface area (Å²) in [6.45, 7) is 2.06. The lowest BCUT2D eigenvalue weighted by Gasteiger charge is -2.31. The summed E-state index contributed by atoms with van der Waals surface area (Å²) in [5, 5.41) is 0. The Morgan fingerprint density at radius 3 is 2.83 bits per heavy atom. The molecule has 0 aromatic heterocycles. The number of para-hydroxylation sites is 1. The van der Waals surface area contributed by atoms with Gasteiger partial charge in [0.1, 0.15) is 5.75 Å². The minimum atomic E-state index is -3.44. The van der Waals surface area contributed by atoms with Gasteiger partial charge >= 0.3 is 0 Å². The highest BCUT2D eigenvalue weighted by molar-refractivity contribution is 7.87. The molecule has 1 aromatic rings. The van der Waals surface area contributed by atoms with Gasteiger partial charge in [0, 0.05) is 26.7 Å². The quantitative estimate of drug-likeness (QED) is 0.776. The van der Waals surface area contributed by atoms with Crippen LogP contribution in [0.15, 0.2) is 24.3 Å². The van der Waals surface area contributed by atoms with Gasteiger partial charge in [0.05, 0.1) is 13.7 Å². The third-order valence-electron chi connectivity index (χ3n) is 4.10. The van der Waals surface area contributed by atoms with E-state index in [0.717, 1.165) is 24.2 Å². The van der Waals surface area contributed by atoms with Gasteiger partial charge in [0.25, 0.3) is 10.2 Å². The van der Waals surface area contributed by atoms with Crippen LogP contribution in [0.25, 0.3) is 0 Å². The molecule has 6 nitrogen and oxygen atoms in total. The molecule has 1 atom stereocenters. The molecule has 1 fully saturated rings. The summed E-state index contributed by atoms with van der Waals surface area (Å²) in [6, 6.07) is 7.65. The fourth-order valence-corrected chi connectivity index (χ4v) is 4.25. The van der Waals surface area contributed by atoms with Gasteiger partial charge in [0.2, 0.25) is 0 Å². The second kappa shape index (κ2) is 8.63. The molecule has 7 heteroatoms. The lowest BCUT2D eigenvalue weighted by atomic mass is 10.0. The molecule has 1 N–H and O–H groups in total. The number of piperidine rings is 1. The number of hydrogen-bond donors (Lipinski definition) is 1. The van der Waals surface area contributed by atoms with Crippen molar-refractivity contribution in [1.29, 1.82) is 0 Å². The highest BCUT2D eigenvalue weighted by Crippen LogP contribution is 2.20. The molecule has 0 amide bonds. The first kappa shape index (κ1) is 18.2. The monoisotopic (exact) mass is 342 g/mol. The van der Waals surface area contributed by atoms with E-state index in [1.54, 1.807) is 14.2 Å². The second-order valence-corrected chi connectivity index (χ2v) is 7.54. The molecule has 0 radical (unpaired) electrons. The van der Waals surface area contributed by atoms with Gasteiger partial charge in [-0.05, 0) is 36.8 Å². The molecule has 2 rings (SSSR count). The average Bonchev–Trinajstić information content (AvgIpc) is 2.56. The minimum absolute atomic E-state index is 0.277. The van der Waals surface area contributed by atoms with E-state index in [9.17, 15) is 8.42 Å². The molecule has 0 saturated carbocycles. The summed E-state index contributed by atoms with van der Waals surface area (Å²) in [7, 11) is -0.168. The SMILES string of the molecule is COCC1CCCN(S(=O)(=O)NCCc2ccccc2OC)C1. The topological polar surface area (TPSA) is 67.9 Å². The zero-order valence-electron chi connectivity index (χ0n) is 13.8. The summed E-state index contributed by atoms with van der Waals surface area (Å²) in [6.07, 6.45) is 2.49. The Bertz CT molecular complexity index is 589. The van der Waals surface area contributed by atoms with E-state index in [-0.39, 0.29) is 5.92 Å². The van der Waals surface area contributed by atoms with Gasteiger partial charge in [-0.2, -0.15) is 12.7 Å². The van der Waals surface area contributed by atoms with Crippen molar-refractivity contribution in [2.75, 3.05) is 40.5 Å². The Hall–Kier alpha value is -1.15. The molecule has 1 saturated heterocycles. The van der Waals surface area contributed by atoms with Crippen LogP contribution in [0.5, 0.6) is 5.75 Å². The Balaban J connectivity index is 1.88. The highest BCUT2D eigenvalue weighted by Gasteiger charge is 2.28.